The zero-order valence-electron chi connectivity index (χ0n) is 23.0. The summed E-state index contributed by atoms with van der Waals surface area (Å²) in [6.45, 7) is 3.19. The van der Waals surface area contributed by atoms with Crippen molar-refractivity contribution in [3.63, 3.8) is 0 Å². The van der Waals surface area contributed by atoms with Gasteiger partial charge < -0.3 is 30.9 Å². The van der Waals surface area contributed by atoms with Crippen LogP contribution in [0.2, 0.25) is 0 Å². The van der Waals surface area contributed by atoms with Gasteiger partial charge in [0, 0.05) is 30.6 Å². The lowest BCUT2D eigenvalue weighted by molar-refractivity contribution is -0.151. The first-order valence-electron chi connectivity index (χ1n) is 12.7. The van der Waals surface area contributed by atoms with Crippen molar-refractivity contribution in [3.8, 4) is 5.75 Å². The molecular weight excluding hydrogens is 552 g/mol. The molecule has 3 rings (SSSR count). The van der Waals surface area contributed by atoms with Crippen LogP contribution in [-0.4, -0.2) is 73.9 Å². The number of rotatable bonds is 12. The molecule has 3 atom stereocenters. The molecule has 0 radical (unpaired) electrons. The van der Waals surface area contributed by atoms with E-state index in [1.165, 1.54) is 30.3 Å². The summed E-state index contributed by atoms with van der Waals surface area (Å²) in [5.41, 5.74) is 1.32. The molecule has 2 amide bonds. The highest BCUT2D eigenvalue weighted by Crippen LogP contribution is 2.30. The van der Waals surface area contributed by atoms with Crippen molar-refractivity contribution in [2.24, 2.45) is 5.92 Å². The van der Waals surface area contributed by atoms with Crippen molar-refractivity contribution < 1.29 is 38.1 Å². The van der Waals surface area contributed by atoms with Gasteiger partial charge in [-0.3, -0.25) is 9.59 Å². The Morgan fingerprint density at radius 2 is 1.49 bits per heavy atom. The SMILES string of the molecule is CC(C)[C@H](NC(=O)[C@H](Cc1ccc(O)cc1)NS(=O)(=O)c1cccc2c(N(C)C)cccc12)C(=O)N[C@@H](O)C(=O)O. The number of carbonyl (C=O) groups excluding carboxylic acids is 2. The number of carbonyl (C=O) groups is 3. The molecule has 41 heavy (non-hydrogen) atoms. The Balaban J connectivity index is 1.99. The summed E-state index contributed by atoms with van der Waals surface area (Å²) in [4.78, 5) is 39.0. The number of benzene rings is 3. The quantitative estimate of drug-likeness (QED) is 0.169. The predicted molar refractivity (Wildman–Crippen MR) is 153 cm³/mol. The number of carboxylic acids is 1. The molecule has 0 fully saturated rings. The number of aliphatic carboxylic acids is 1. The van der Waals surface area contributed by atoms with Crippen LogP contribution in [0, 0.1) is 5.92 Å². The van der Waals surface area contributed by atoms with Crippen LogP contribution in [0.4, 0.5) is 5.69 Å². The van der Waals surface area contributed by atoms with E-state index in [1.807, 2.05) is 30.4 Å². The second kappa shape index (κ2) is 13.0. The fourth-order valence-corrected chi connectivity index (χ4v) is 5.69. The molecule has 0 aromatic heterocycles. The normalized spacial score (nSPS) is 13.8. The van der Waals surface area contributed by atoms with E-state index in [0.29, 0.717) is 16.3 Å². The van der Waals surface area contributed by atoms with Gasteiger partial charge in [0.2, 0.25) is 28.1 Å². The number of hydrogen-bond donors (Lipinski definition) is 6. The first kappa shape index (κ1) is 31.3. The van der Waals surface area contributed by atoms with Crippen LogP contribution >= 0.6 is 0 Å². The van der Waals surface area contributed by atoms with Crippen molar-refractivity contribution in [1.82, 2.24) is 15.4 Å². The molecule has 0 spiro atoms. The maximum atomic E-state index is 13.7. The Kier molecular flexibility index (Phi) is 9.92. The number of carboxylic acid groups (broad SMARTS) is 1. The van der Waals surface area contributed by atoms with Crippen LogP contribution in [0.1, 0.15) is 19.4 Å². The molecule has 3 aromatic rings. The van der Waals surface area contributed by atoms with Crippen LogP contribution in [-0.2, 0) is 30.8 Å². The molecule has 0 aliphatic carbocycles. The van der Waals surface area contributed by atoms with Gasteiger partial charge in [-0.25, -0.2) is 13.2 Å². The highest BCUT2D eigenvalue weighted by atomic mass is 32.2. The molecule has 0 saturated carbocycles. The minimum atomic E-state index is -4.31. The number of sulfonamides is 1. The minimum Gasteiger partial charge on any atom is -0.508 e. The molecule has 0 aliphatic rings. The number of aliphatic hydroxyl groups excluding tert-OH is 1. The average molecular weight is 587 g/mol. The summed E-state index contributed by atoms with van der Waals surface area (Å²) in [7, 11) is -0.633. The van der Waals surface area contributed by atoms with Gasteiger partial charge in [0.05, 0.1) is 4.90 Å². The first-order chi connectivity index (χ1) is 19.2. The lowest BCUT2D eigenvalue weighted by Gasteiger charge is -2.26. The second-order valence-electron chi connectivity index (χ2n) is 10.0. The monoisotopic (exact) mass is 586 g/mol. The summed E-state index contributed by atoms with van der Waals surface area (Å²) in [5.74, 6) is -4.06. The van der Waals surface area contributed by atoms with E-state index in [-0.39, 0.29) is 17.1 Å². The summed E-state index contributed by atoms with van der Waals surface area (Å²) >= 11 is 0. The Labute approximate surface area is 238 Å². The third kappa shape index (κ3) is 7.72. The largest absolute Gasteiger partial charge is 0.508 e. The minimum absolute atomic E-state index is 0.0173. The third-order valence-electron chi connectivity index (χ3n) is 6.38. The van der Waals surface area contributed by atoms with E-state index in [9.17, 15) is 33.0 Å². The molecule has 0 bridgehead atoms. The number of aliphatic hydroxyl groups is 1. The Morgan fingerprint density at radius 3 is 2.07 bits per heavy atom. The van der Waals surface area contributed by atoms with Crippen LogP contribution in [0.15, 0.2) is 65.6 Å². The van der Waals surface area contributed by atoms with Gasteiger partial charge in [0.15, 0.2) is 0 Å². The maximum absolute atomic E-state index is 13.7. The Hall–Kier alpha value is -4.20. The number of phenols is 1. The molecule has 220 valence electrons. The molecule has 0 heterocycles. The number of fused-ring (bicyclic) bond motifs is 1. The summed E-state index contributed by atoms with van der Waals surface area (Å²) in [6.07, 6.45) is -2.33. The number of anilines is 1. The van der Waals surface area contributed by atoms with Crippen molar-refractivity contribution >= 4 is 44.3 Å². The van der Waals surface area contributed by atoms with E-state index < -0.39 is 52.0 Å². The van der Waals surface area contributed by atoms with E-state index in [1.54, 1.807) is 38.1 Å². The Bertz CT molecular complexity index is 1520. The second-order valence-corrected chi connectivity index (χ2v) is 11.7. The van der Waals surface area contributed by atoms with Gasteiger partial charge in [-0.2, -0.15) is 4.72 Å². The lowest BCUT2D eigenvalue weighted by Crippen LogP contribution is -2.57. The van der Waals surface area contributed by atoms with Crippen LogP contribution in [0.5, 0.6) is 5.75 Å². The number of hydrogen-bond acceptors (Lipinski definition) is 8. The number of nitrogens with zero attached hydrogens (tertiary/aromatic N) is 1. The van der Waals surface area contributed by atoms with Crippen LogP contribution < -0.4 is 20.3 Å². The van der Waals surface area contributed by atoms with Gasteiger partial charge in [-0.1, -0.05) is 50.2 Å². The lowest BCUT2D eigenvalue weighted by atomic mass is 10.0. The van der Waals surface area contributed by atoms with Crippen LogP contribution in [0.3, 0.4) is 0 Å². The summed E-state index contributed by atoms with van der Waals surface area (Å²) in [5, 5.41) is 33.6. The van der Waals surface area contributed by atoms with E-state index in [4.69, 9.17) is 5.11 Å². The van der Waals surface area contributed by atoms with Crippen LogP contribution in [0.25, 0.3) is 10.8 Å². The average Bonchev–Trinajstić information content (AvgIpc) is 2.91. The predicted octanol–water partition coefficient (Wildman–Crippen LogP) is 1.16. The highest BCUT2D eigenvalue weighted by Gasteiger charge is 2.33. The van der Waals surface area contributed by atoms with E-state index >= 15 is 0 Å². The van der Waals surface area contributed by atoms with Crippen molar-refractivity contribution in [3.05, 3.63) is 66.2 Å². The number of phenolic OH excluding ortho intramolecular Hbond substituents is 1. The molecule has 13 heteroatoms. The maximum Gasteiger partial charge on any atom is 0.353 e. The fourth-order valence-electron chi connectivity index (χ4n) is 4.27. The number of aromatic hydroxyl groups is 1. The summed E-state index contributed by atoms with van der Waals surface area (Å²) < 4.78 is 29.9. The molecule has 0 aliphatic heterocycles. The smallest absolute Gasteiger partial charge is 0.353 e. The zero-order chi connectivity index (χ0) is 30.5. The van der Waals surface area contributed by atoms with Crippen molar-refractivity contribution in [2.75, 3.05) is 19.0 Å². The Morgan fingerprint density at radius 1 is 0.878 bits per heavy atom. The van der Waals surface area contributed by atoms with Gasteiger partial charge in [-0.05, 0) is 42.2 Å². The van der Waals surface area contributed by atoms with Crippen molar-refractivity contribution in [2.45, 2.75) is 43.5 Å². The number of amides is 2. The summed E-state index contributed by atoms with van der Waals surface area (Å²) in [6, 6.07) is 13.2. The molecule has 3 aromatic carbocycles. The molecule has 0 unspecified atom stereocenters. The number of nitrogens with one attached hydrogen (secondary N) is 3. The first-order valence-corrected chi connectivity index (χ1v) is 14.2. The van der Waals surface area contributed by atoms with Gasteiger partial charge in [-0.15, -0.1) is 0 Å². The van der Waals surface area contributed by atoms with E-state index in [2.05, 4.69) is 10.0 Å². The molecule has 0 saturated heterocycles. The standard InChI is InChI=1S/C28H34N4O8S/c1-16(2)24(26(35)30-27(36)28(37)38)29-25(34)21(15-17-11-13-18(33)14-12-17)31-41(39,40)23-10-6-7-19-20(23)8-5-9-22(19)32(3)4/h5-14,16,21,24,27,31,33,36H,15H2,1-4H3,(H,29,34)(H,30,35)(H,37,38)/t21-,24-,27-/m0/s1. The van der Waals surface area contributed by atoms with Gasteiger partial charge >= 0.3 is 5.97 Å². The fraction of sp³-hybridized carbons (Fsp3) is 0.321. The van der Waals surface area contributed by atoms with E-state index in [0.717, 1.165) is 5.69 Å². The third-order valence-corrected chi connectivity index (χ3v) is 7.91. The van der Waals surface area contributed by atoms with Gasteiger partial charge in [0.25, 0.3) is 0 Å². The molecular formula is C28H34N4O8S. The zero-order valence-corrected chi connectivity index (χ0v) is 23.8. The molecule has 6 N–H and O–H groups in total. The topological polar surface area (TPSA) is 185 Å². The van der Waals surface area contributed by atoms with Gasteiger partial charge in [0.1, 0.15) is 17.8 Å². The van der Waals surface area contributed by atoms with Crippen molar-refractivity contribution in [1.29, 1.82) is 0 Å². The highest BCUT2D eigenvalue weighted by molar-refractivity contribution is 7.89. The molecule has 12 nitrogen and oxygen atoms in total.